The van der Waals surface area contributed by atoms with Crippen LogP contribution in [-0.2, 0) is 14.6 Å². The third kappa shape index (κ3) is 19.2. The maximum absolute atomic E-state index is 11.5. The van der Waals surface area contributed by atoms with Crippen molar-refractivity contribution in [3.05, 3.63) is 108 Å². The van der Waals surface area contributed by atoms with Crippen LogP contribution in [-0.4, -0.2) is 23.0 Å². The molecular weight excluding hydrogens is 504 g/mol. The van der Waals surface area contributed by atoms with Crippen molar-refractivity contribution in [2.45, 2.75) is 84.0 Å². The smallest absolute Gasteiger partial charge is 0.386 e. The van der Waals surface area contributed by atoms with Gasteiger partial charge in [-0.2, -0.15) is 0 Å². The van der Waals surface area contributed by atoms with Gasteiger partial charge in [-0.1, -0.05) is 105 Å². The minimum absolute atomic E-state index is 0.313. The molecule has 0 amide bonds. The zero-order chi connectivity index (χ0) is 29.1. The average molecular weight is 549 g/mol. The molecule has 0 aromatic heterocycles. The largest absolute Gasteiger partial charge is 0.481 e. The minimum atomic E-state index is -0.708. The van der Waals surface area contributed by atoms with E-state index in [2.05, 4.69) is 53.2 Å². The summed E-state index contributed by atoms with van der Waals surface area (Å²) in [6.45, 7) is 2.24. The first-order valence-electron chi connectivity index (χ1n) is 14.2. The Morgan fingerprint density at radius 1 is 0.600 bits per heavy atom. The van der Waals surface area contributed by atoms with E-state index in [-0.39, 0.29) is 0 Å². The number of carboxylic acid groups (broad SMARTS) is 1. The van der Waals surface area contributed by atoms with Crippen molar-refractivity contribution in [3.63, 3.8) is 0 Å². The lowest BCUT2D eigenvalue weighted by molar-refractivity contribution is -0.187. The fourth-order valence-electron chi connectivity index (χ4n) is 3.50. The Kier molecular flexibility index (Phi) is 20.6. The first-order chi connectivity index (χ1) is 19.5. The van der Waals surface area contributed by atoms with E-state index in [1.165, 1.54) is 32.1 Å². The summed E-state index contributed by atoms with van der Waals surface area (Å²) >= 11 is 0. The van der Waals surface area contributed by atoms with Crippen LogP contribution < -0.4 is 0 Å². The Bertz CT molecular complexity index is 973. The number of hydrogen-bond donors (Lipinski definition) is 1. The fourth-order valence-corrected chi connectivity index (χ4v) is 3.50. The molecule has 2 rings (SSSR count). The maximum Gasteiger partial charge on any atom is 0.386 e. The predicted octanol–water partition coefficient (Wildman–Crippen LogP) is 9.06. The van der Waals surface area contributed by atoms with Gasteiger partial charge in [0.05, 0.1) is 11.1 Å². The van der Waals surface area contributed by atoms with Gasteiger partial charge in [0, 0.05) is 6.42 Å². The molecule has 0 aliphatic carbocycles. The number of rotatable bonds is 17. The quantitative estimate of drug-likeness (QED) is 0.0918. The Morgan fingerprint density at radius 2 is 1.02 bits per heavy atom. The van der Waals surface area contributed by atoms with Gasteiger partial charge in [0.1, 0.15) is 0 Å². The molecule has 0 aliphatic heterocycles. The van der Waals surface area contributed by atoms with Gasteiger partial charge in [-0.05, 0) is 69.2 Å². The number of benzene rings is 2. The van der Waals surface area contributed by atoms with Crippen molar-refractivity contribution in [3.8, 4) is 0 Å². The molecule has 216 valence electrons. The van der Waals surface area contributed by atoms with Gasteiger partial charge in [0.2, 0.25) is 0 Å². The van der Waals surface area contributed by atoms with Gasteiger partial charge in [0.25, 0.3) is 0 Å². The summed E-state index contributed by atoms with van der Waals surface area (Å²) in [7, 11) is 0. The van der Waals surface area contributed by atoms with Crippen molar-refractivity contribution in [2.75, 3.05) is 0 Å². The molecule has 0 atom stereocenters. The lowest BCUT2D eigenvalue weighted by Gasteiger charge is -2.02. The van der Waals surface area contributed by atoms with Crippen LogP contribution in [0.5, 0.6) is 0 Å². The van der Waals surface area contributed by atoms with Gasteiger partial charge in [0.15, 0.2) is 0 Å². The van der Waals surface area contributed by atoms with Gasteiger partial charge in [-0.3, -0.25) is 4.79 Å². The molecule has 0 aliphatic rings. The molecule has 0 bridgehead atoms. The fraction of sp³-hybridized carbons (Fsp3) is 0.382. The normalized spacial score (nSPS) is 10.9. The van der Waals surface area contributed by atoms with Gasteiger partial charge in [-0.25, -0.2) is 19.4 Å². The molecule has 2 aromatic carbocycles. The van der Waals surface area contributed by atoms with Crippen molar-refractivity contribution in [2.24, 2.45) is 0 Å². The van der Waals surface area contributed by atoms with Crippen LogP contribution in [0.1, 0.15) is 105 Å². The highest BCUT2D eigenvalue weighted by atomic mass is 17.2. The van der Waals surface area contributed by atoms with Gasteiger partial charge >= 0.3 is 17.9 Å². The van der Waals surface area contributed by atoms with E-state index >= 15 is 0 Å². The Labute approximate surface area is 239 Å². The highest BCUT2D eigenvalue weighted by molar-refractivity contribution is 5.92. The van der Waals surface area contributed by atoms with E-state index in [1.54, 1.807) is 60.7 Å². The van der Waals surface area contributed by atoms with Crippen molar-refractivity contribution in [1.82, 2.24) is 0 Å². The standard InChI is InChI=1S/C20H34O2.C14H10O4/c1-2-3-4-5-6-7-8-9-10-11-12-13-14-15-16-17-18-19-20(21)22;15-13(11-7-3-1-4-8-11)17-18-14(16)12-9-5-2-6-10-12/h6-7,9-10,12-13H,2-5,8,11,14-19H2,1H3,(H,21,22);1-10H/b7-6-,10-9-,13-12-;. The molecule has 2 aromatic rings. The van der Waals surface area contributed by atoms with E-state index in [0.29, 0.717) is 17.5 Å². The van der Waals surface area contributed by atoms with E-state index in [4.69, 9.17) is 5.11 Å². The van der Waals surface area contributed by atoms with Crippen LogP contribution in [0, 0.1) is 0 Å². The van der Waals surface area contributed by atoms with Crippen molar-refractivity contribution >= 4 is 17.9 Å². The number of unbranched alkanes of at least 4 members (excludes halogenated alkanes) is 7. The van der Waals surface area contributed by atoms with Crippen LogP contribution in [0.2, 0.25) is 0 Å². The van der Waals surface area contributed by atoms with Crippen LogP contribution in [0.4, 0.5) is 0 Å². The number of aliphatic carboxylic acids is 1. The third-order valence-electron chi connectivity index (χ3n) is 5.74. The zero-order valence-corrected chi connectivity index (χ0v) is 23.7. The van der Waals surface area contributed by atoms with Crippen molar-refractivity contribution < 1.29 is 29.3 Å². The van der Waals surface area contributed by atoms with Crippen LogP contribution >= 0.6 is 0 Å². The summed E-state index contributed by atoms with van der Waals surface area (Å²) in [5.41, 5.74) is 0.636. The Morgan fingerprint density at radius 3 is 1.48 bits per heavy atom. The second-order valence-electron chi connectivity index (χ2n) is 9.20. The highest BCUT2D eigenvalue weighted by Crippen LogP contribution is 2.07. The molecule has 0 unspecified atom stereocenters. The first-order valence-corrected chi connectivity index (χ1v) is 14.2. The topological polar surface area (TPSA) is 89.9 Å². The molecule has 0 saturated carbocycles. The molecular formula is C34H44O6. The molecule has 0 radical (unpaired) electrons. The lowest BCUT2D eigenvalue weighted by atomic mass is 10.1. The maximum atomic E-state index is 11.5. The van der Waals surface area contributed by atoms with Crippen molar-refractivity contribution in [1.29, 1.82) is 0 Å². The highest BCUT2D eigenvalue weighted by Gasteiger charge is 2.13. The van der Waals surface area contributed by atoms with E-state index in [0.717, 1.165) is 38.5 Å². The summed E-state index contributed by atoms with van der Waals surface area (Å²) in [5, 5.41) is 8.52. The minimum Gasteiger partial charge on any atom is -0.481 e. The summed E-state index contributed by atoms with van der Waals surface area (Å²) in [6, 6.07) is 16.6. The van der Waals surface area contributed by atoms with E-state index < -0.39 is 17.9 Å². The summed E-state index contributed by atoms with van der Waals surface area (Å²) < 4.78 is 0. The Hall–Kier alpha value is -3.93. The molecule has 0 heterocycles. The zero-order valence-electron chi connectivity index (χ0n) is 23.7. The predicted molar refractivity (Wildman–Crippen MR) is 160 cm³/mol. The molecule has 6 nitrogen and oxygen atoms in total. The first kappa shape index (κ1) is 34.1. The molecule has 6 heteroatoms. The van der Waals surface area contributed by atoms with E-state index in [1.807, 2.05) is 0 Å². The van der Waals surface area contributed by atoms with Crippen LogP contribution in [0.15, 0.2) is 97.1 Å². The SMILES string of the molecule is CCCCC/C=C\C/C=C\C/C=C\CCCCCCC(=O)O.O=C(OOC(=O)c1ccccc1)c1ccccc1. The number of hydrogen-bond acceptors (Lipinski definition) is 5. The number of allylic oxidation sites excluding steroid dienone is 6. The molecule has 0 fully saturated rings. The average Bonchev–Trinajstić information content (AvgIpc) is 2.98. The van der Waals surface area contributed by atoms with Crippen LogP contribution in [0.25, 0.3) is 0 Å². The second-order valence-corrected chi connectivity index (χ2v) is 9.20. The van der Waals surface area contributed by atoms with Gasteiger partial charge in [-0.15, -0.1) is 0 Å². The molecule has 40 heavy (non-hydrogen) atoms. The number of carbonyl (C=O) groups is 3. The molecule has 0 spiro atoms. The molecule has 0 saturated heterocycles. The number of carboxylic acids is 1. The summed E-state index contributed by atoms with van der Waals surface area (Å²) in [5.74, 6) is -2.10. The van der Waals surface area contributed by atoms with E-state index in [9.17, 15) is 14.4 Å². The molecule has 1 N–H and O–H groups in total. The van der Waals surface area contributed by atoms with Gasteiger partial charge < -0.3 is 5.11 Å². The lowest BCUT2D eigenvalue weighted by Crippen LogP contribution is -2.11. The second kappa shape index (κ2) is 24.1. The third-order valence-corrected chi connectivity index (χ3v) is 5.74. The van der Waals surface area contributed by atoms with Crippen LogP contribution in [0.3, 0.4) is 0 Å². The number of carbonyl (C=O) groups excluding carboxylic acids is 2. The summed E-state index contributed by atoms with van der Waals surface area (Å²) in [6.07, 6.45) is 26.3. The summed E-state index contributed by atoms with van der Waals surface area (Å²) in [4.78, 5) is 42.2. The Balaban J connectivity index is 0.000000406. The monoisotopic (exact) mass is 548 g/mol.